The van der Waals surface area contributed by atoms with Crippen molar-refractivity contribution in [1.82, 2.24) is 9.78 Å². The quantitative estimate of drug-likeness (QED) is 0.737. The van der Waals surface area contributed by atoms with E-state index in [-0.39, 0.29) is 0 Å². The third-order valence-electron chi connectivity index (χ3n) is 2.46. The Morgan fingerprint density at radius 2 is 2.21 bits per heavy atom. The van der Waals surface area contributed by atoms with E-state index in [1.807, 2.05) is 20.9 Å². The molecule has 0 aliphatic carbocycles. The van der Waals surface area contributed by atoms with Gasteiger partial charge in [0, 0.05) is 24.7 Å². The van der Waals surface area contributed by atoms with Crippen LogP contribution in [0.25, 0.3) is 0 Å². The fourth-order valence-electron chi connectivity index (χ4n) is 1.64. The molecule has 0 amide bonds. The van der Waals surface area contributed by atoms with Gasteiger partial charge >= 0.3 is 0 Å². The molecule has 0 bridgehead atoms. The largest absolute Gasteiger partial charge is 0.388 e. The van der Waals surface area contributed by atoms with Gasteiger partial charge in [0.15, 0.2) is 0 Å². The van der Waals surface area contributed by atoms with Crippen LogP contribution in [0, 0.1) is 26.2 Å². The van der Waals surface area contributed by atoms with Crippen LogP contribution in [-0.4, -0.2) is 14.9 Å². The molecule has 0 saturated heterocycles. The van der Waals surface area contributed by atoms with E-state index in [0.29, 0.717) is 12.8 Å². The van der Waals surface area contributed by atoms with E-state index in [9.17, 15) is 5.11 Å². The van der Waals surface area contributed by atoms with E-state index in [4.69, 9.17) is 6.42 Å². The molecule has 1 N–H and O–H groups in total. The van der Waals surface area contributed by atoms with Gasteiger partial charge in [0.25, 0.3) is 0 Å². The molecule has 0 radical (unpaired) electrons. The molecule has 0 aliphatic rings. The van der Waals surface area contributed by atoms with Crippen LogP contribution in [0.1, 0.15) is 35.9 Å². The van der Waals surface area contributed by atoms with Crippen LogP contribution in [0.5, 0.6) is 0 Å². The molecule has 76 valence electrons. The van der Waals surface area contributed by atoms with E-state index < -0.39 is 6.10 Å². The van der Waals surface area contributed by atoms with Crippen molar-refractivity contribution in [1.29, 1.82) is 0 Å². The van der Waals surface area contributed by atoms with Crippen LogP contribution < -0.4 is 0 Å². The first-order valence-corrected chi connectivity index (χ1v) is 4.69. The minimum absolute atomic E-state index is 0.486. The predicted octanol–water partition coefficient (Wildman–Crippen LogP) is 1.48. The minimum atomic E-state index is -0.486. The normalized spacial score (nSPS) is 12.5. The monoisotopic (exact) mass is 192 g/mol. The van der Waals surface area contributed by atoms with Gasteiger partial charge in [-0.05, 0) is 20.3 Å². The summed E-state index contributed by atoms with van der Waals surface area (Å²) in [6.07, 6.45) is 5.86. The zero-order chi connectivity index (χ0) is 10.7. The molecule has 3 heteroatoms. The lowest BCUT2D eigenvalue weighted by molar-refractivity contribution is 0.168. The first kappa shape index (κ1) is 10.8. The highest BCUT2D eigenvalue weighted by atomic mass is 16.3. The van der Waals surface area contributed by atoms with E-state index >= 15 is 0 Å². The third kappa shape index (κ3) is 1.97. The second-order valence-corrected chi connectivity index (χ2v) is 3.47. The highest BCUT2D eigenvalue weighted by molar-refractivity contribution is 5.26. The fraction of sp³-hybridized carbons (Fsp3) is 0.545. The van der Waals surface area contributed by atoms with Crippen molar-refractivity contribution in [3.63, 3.8) is 0 Å². The maximum Gasteiger partial charge on any atom is 0.0835 e. The Morgan fingerprint density at radius 3 is 2.64 bits per heavy atom. The molecular weight excluding hydrogens is 176 g/mol. The van der Waals surface area contributed by atoms with Gasteiger partial charge in [0.2, 0.25) is 0 Å². The van der Waals surface area contributed by atoms with E-state index in [1.54, 1.807) is 4.68 Å². The third-order valence-corrected chi connectivity index (χ3v) is 2.46. The van der Waals surface area contributed by atoms with Crippen LogP contribution >= 0.6 is 0 Å². The van der Waals surface area contributed by atoms with Gasteiger partial charge in [-0.3, -0.25) is 4.68 Å². The summed E-state index contributed by atoms with van der Waals surface area (Å²) in [5, 5.41) is 14.1. The van der Waals surface area contributed by atoms with Crippen molar-refractivity contribution in [3.8, 4) is 12.3 Å². The lowest BCUT2D eigenvalue weighted by Crippen LogP contribution is -2.01. The zero-order valence-corrected chi connectivity index (χ0v) is 8.91. The van der Waals surface area contributed by atoms with Crippen LogP contribution in [-0.2, 0) is 7.05 Å². The summed E-state index contributed by atoms with van der Waals surface area (Å²) in [6, 6.07) is 0. The Morgan fingerprint density at radius 1 is 1.57 bits per heavy atom. The van der Waals surface area contributed by atoms with Crippen molar-refractivity contribution in [2.45, 2.75) is 32.8 Å². The summed E-state index contributed by atoms with van der Waals surface area (Å²) in [5.74, 6) is 2.53. The minimum Gasteiger partial charge on any atom is -0.388 e. The van der Waals surface area contributed by atoms with Crippen molar-refractivity contribution < 1.29 is 5.11 Å². The molecule has 1 atom stereocenters. The summed E-state index contributed by atoms with van der Waals surface area (Å²) >= 11 is 0. The van der Waals surface area contributed by atoms with Gasteiger partial charge in [0.1, 0.15) is 0 Å². The second-order valence-electron chi connectivity index (χ2n) is 3.47. The number of terminal acetylenes is 1. The van der Waals surface area contributed by atoms with Crippen LogP contribution in [0.3, 0.4) is 0 Å². The molecular formula is C11H16N2O. The van der Waals surface area contributed by atoms with Crippen LogP contribution in [0.15, 0.2) is 0 Å². The Hall–Kier alpha value is -1.27. The Kier molecular flexibility index (Phi) is 3.32. The average Bonchev–Trinajstić information content (AvgIpc) is 2.38. The number of aliphatic hydroxyl groups excluding tert-OH is 1. The molecule has 0 fully saturated rings. The molecule has 1 heterocycles. The number of rotatable bonds is 3. The second kappa shape index (κ2) is 4.30. The molecule has 0 aromatic carbocycles. The number of aliphatic hydroxyl groups is 1. The number of hydrogen-bond donors (Lipinski definition) is 1. The topological polar surface area (TPSA) is 38.1 Å². The molecule has 0 spiro atoms. The van der Waals surface area contributed by atoms with Gasteiger partial charge in [-0.15, -0.1) is 12.3 Å². The average molecular weight is 192 g/mol. The summed E-state index contributed by atoms with van der Waals surface area (Å²) in [4.78, 5) is 0. The number of aromatic nitrogens is 2. The van der Waals surface area contributed by atoms with Gasteiger partial charge < -0.3 is 5.11 Å². The van der Waals surface area contributed by atoms with Gasteiger partial charge in [-0.1, -0.05) is 0 Å². The molecule has 0 aliphatic heterocycles. The summed E-state index contributed by atoms with van der Waals surface area (Å²) in [5.41, 5.74) is 2.81. The molecule has 1 aromatic heterocycles. The van der Waals surface area contributed by atoms with Crippen LogP contribution in [0.4, 0.5) is 0 Å². The Bertz CT molecular complexity index is 360. The Balaban J connectivity index is 2.89. The maximum atomic E-state index is 9.88. The molecule has 3 nitrogen and oxygen atoms in total. The van der Waals surface area contributed by atoms with Crippen molar-refractivity contribution in [2.24, 2.45) is 7.05 Å². The maximum absolute atomic E-state index is 9.88. The van der Waals surface area contributed by atoms with Crippen molar-refractivity contribution in [2.75, 3.05) is 0 Å². The van der Waals surface area contributed by atoms with E-state index in [0.717, 1.165) is 17.0 Å². The highest BCUT2D eigenvalue weighted by Crippen LogP contribution is 2.24. The van der Waals surface area contributed by atoms with Gasteiger partial charge in [-0.2, -0.15) is 5.10 Å². The first-order valence-electron chi connectivity index (χ1n) is 4.69. The predicted molar refractivity (Wildman–Crippen MR) is 55.7 cm³/mol. The number of aryl methyl sites for hydroxylation is 2. The van der Waals surface area contributed by atoms with E-state index in [2.05, 4.69) is 11.0 Å². The molecule has 14 heavy (non-hydrogen) atoms. The van der Waals surface area contributed by atoms with E-state index in [1.165, 1.54) is 0 Å². The SMILES string of the molecule is C#CCCC(O)c1c(C)nn(C)c1C. The Labute approximate surface area is 84.8 Å². The molecule has 0 saturated carbocycles. The standard InChI is InChI=1S/C11H16N2O/c1-5-6-7-10(14)11-8(2)12-13(4)9(11)3/h1,10,14H,6-7H2,2-4H3. The van der Waals surface area contributed by atoms with Crippen molar-refractivity contribution in [3.05, 3.63) is 17.0 Å². The zero-order valence-electron chi connectivity index (χ0n) is 8.91. The summed E-state index contributed by atoms with van der Waals surface area (Å²) < 4.78 is 1.78. The summed E-state index contributed by atoms with van der Waals surface area (Å²) in [6.45, 7) is 3.86. The lowest BCUT2D eigenvalue weighted by atomic mass is 10.0. The van der Waals surface area contributed by atoms with Crippen LogP contribution in [0.2, 0.25) is 0 Å². The molecule has 1 aromatic rings. The smallest absolute Gasteiger partial charge is 0.0835 e. The number of hydrogen-bond acceptors (Lipinski definition) is 2. The van der Waals surface area contributed by atoms with Gasteiger partial charge in [0.05, 0.1) is 11.8 Å². The molecule has 1 unspecified atom stereocenters. The van der Waals surface area contributed by atoms with Crippen molar-refractivity contribution >= 4 is 0 Å². The lowest BCUT2D eigenvalue weighted by Gasteiger charge is -2.09. The molecule has 1 rings (SSSR count). The first-order chi connectivity index (χ1) is 6.57. The fourth-order valence-corrected chi connectivity index (χ4v) is 1.64. The van der Waals surface area contributed by atoms with Gasteiger partial charge in [-0.25, -0.2) is 0 Å². The highest BCUT2D eigenvalue weighted by Gasteiger charge is 2.16. The number of nitrogens with zero attached hydrogens (tertiary/aromatic N) is 2. The summed E-state index contributed by atoms with van der Waals surface area (Å²) in [7, 11) is 1.87.